The maximum atomic E-state index is 5.34. The van der Waals surface area contributed by atoms with E-state index in [2.05, 4.69) is 26.3 Å². The van der Waals surface area contributed by atoms with Crippen molar-refractivity contribution in [3.8, 4) is 22.8 Å². The summed E-state index contributed by atoms with van der Waals surface area (Å²) in [7, 11) is 5.16. The largest absolute Gasteiger partial charge is 0.493 e. The Hall–Kier alpha value is -2.47. The first-order valence-corrected chi connectivity index (χ1v) is 8.58. The van der Waals surface area contributed by atoms with Gasteiger partial charge in [-0.05, 0) is 45.8 Å². The number of benzene rings is 2. The fraction of sp³-hybridized carbons (Fsp3) is 0.211. The number of halogens is 1. The molecule has 0 saturated carbocycles. The van der Waals surface area contributed by atoms with Gasteiger partial charge in [-0.25, -0.2) is 0 Å². The van der Waals surface area contributed by atoms with Crippen LogP contribution in [0.15, 0.2) is 53.1 Å². The van der Waals surface area contributed by atoms with E-state index >= 15 is 0 Å². The lowest BCUT2D eigenvalue weighted by atomic mass is 10.1. The van der Waals surface area contributed by atoms with Crippen molar-refractivity contribution in [2.24, 2.45) is 7.05 Å². The highest BCUT2D eigenvalue weighted by molar-refractivity contribution is 9.10. The molecule has 0 spiro atoms. The van der Waals surface area contributed by atoms with E-state index in [1.807, 2.05) is 55.7 Å². The van der Waals surface area contributed by atoms with Gasteiger partial charge in [0.25, 0.3) is 0 Å². The molecule has 0 bridgehead atoms. The van der Waals surface area contributed by atoms with Crippen LogP contribution in [0.2, 0.25) is 0 Å². The Balaban J connectivity index is 1.76. The number of methoxy groups -OCH3 is 2. The molecule has 0 aliphatic carbocycles. The van der Waals surface area contributed by atoms with Gasteiger partial charge in [0.15, 0.2) is 11.5 Å². The van der Waals surface area contributed by atoms with E-state index in [0.717, 1.165) is 27.0 Å². The topological polar surface area (TPSA) is 50.4 Å². The van der Waals surface area contributed by atoms with E-state index in [4.69, 9.17) is 9.47 Å². The fourth-order valence-corrected chi connectivity index (χ4v) is 3.17. The summed E-state index contributed by atoms with van der Waals surface area (Å²) in [6.07, 6.45) is 1.93. The fourth-order valence-electron chi connectivity index (χ4n) is 2.57. The van der Waals surface area contributed by atoms with Gasteiger partial charge in [-0.3, -0.25) is 10.00 Å². The van der Waals surface area contributed by atoms with E-state index in [1.54, 1.807) is 18.9 Å². The number of aromatic nitrogens is 2. The average Bonchev–Trinajstić information content (AvgIpc) is 2.98. The van der Waals surface area contributed by atoms with Gasteiger partial charge >= 0.3 is 0 Å². The van der Waals surface area contributed by atoms with Crippen LogP contribution in [0.25, 0.3) is 11.3 Å². The monoisotopic (exact) mass is 400 g/mol. The molecule has 0 amide bonds. The highest BCUT2D eigenvalue weighted by Gasteiger charge is 2.09. The van der Waals surface area contributed by atoms with E-state index in [1.165, 1.54) is 0 Å². The molecule has 5 nitrogen and oxygen atoms in total. The highest BCUT2D eigenvalue weighted by atomic mass is 79.9. The maximum absolute atomic E-state index is 5.34. The molecule has 0 saturated heterocycles. The Bertz CT molecular complexity index is 877. The molecule has 0 atom stereocenters. The second kappa shape index (κ2) is 7.61. The molecule has 1 radical (unpaired) electrons. The number of ether oxygens (including phenoxy) is 2. The number of hydrogen-bond donors (Lipinski definition) is 0. The number of nitrogens with zero attached hydrogens (tertiary/aromatic N) is 3. The van der Waals surface area contributed by atoms with Crippen LogP contribution in [0, 0.1) is 0 Å². The van der Waals surface area contributed by atoms with Crippen molar-refractivity contribution in [3.05, 3.63) is 58.7 Å². The van der Waals surface area contributed by atoms with Gasteiger partial charge in [-0.2, -0.15) is 5.10 Å². The molecule has 0 aliphatic heterocycles. The second-order valence-corrected chi connectivity index (χ2v) is 6.41. The molecule has 6 heteroatoms. The molecule has 3 rings (SSSR count). The normalized spacial score (nSPS) is 10.6. The number of aryl methyl sites for hydroxylation is 1. The predicted molar refractivity (Wildman–Crippen MR) is 101 cm³/mol. The summed E-state index contributed by atoms with van der Waals surface area (Å²) < 4.78 is 13.4. The van der Waals surface area contributed by atoms with E-state index in [0.29, 0.717) is 18.0 Å². The molecular formula is C19H19BrN3O2. The molecule has 3 aromatic rings. The van der Waals surface area contributed by atoms with Crippen molar-refractivity contribution in [1.82, 2.24) is 15.1 Å². The molecular weight excluding hydrogens is 382 g/mol. The summed E-state index contributed by atoms with van der Waals surface area (Å²) in [6, 6.07) is 13.9. The van der Waals surface area contributed by atoms with Gasteiger partial charge in [-0.15, -0.1) is 0 Å². The molecule has 0 unspecified atom stereocenters. The van der Waals surface area contributed by atoms with Crippen molar-refractivity contribution in [1.29, 1.82) is 0 Å². The predicted octanol–water partition coefficient (Wildman–Crippen LogP) is 4.30. The molecule has 0 aliphatic rings. The van der Waals surface area contributed by atoms with Crippen LogP contribution in [0.5, 0.6) is 11.5 Å². The standard InChI is InChI=1S/C19H19BrN3O2/c1-23-12-16(20)19(22-23)14-5-4-6-15(10-14)21-11-13-7-8-17(24-2)18(9-13)25-3/h4-10,12H,11H2,1-3H3. The van der Waals surface area contributed by atoms with E-state index < -0.39 is 0 Å². The van der Waals surface area contributed by atoms with Crippen LogP contribution < -0.4 is 14.8 Å². The minimum absolute atomic E-state index is 0.563. The first-order chi connectivity index (χ1) is 12.1. The van der Waals surface area contributed by atoms with Crippen molar-refractivity contribution in [2.75, 3.05) is 14.2 Å². The molecule has 2 aromatic carbocycles. The Labute approximate surface area is 155 Å². The Morgan fingerprint density at radius 3 is 2.56 bits per heavy atom. The lowest BCUT2D eigenvalue weighted by Gasteiger charge is -2.10. The molecule has 0 N–H and O–H groups in total. The minimum Gasteiger partial charge on any atom is -0.493 e. The zero-order valence-electron chi connectivity index (χ0n) is 14.4. The first kappa shape index (κ1) is 17.4. The third-order valence-corrected chi connectivity index (χ3v) is 4.38. The van der Waals surface area contributed by atoms with Gasteiger partial charge < -0.3 is 9.47 Å². The van der Waals surface area contributed by atoms with Crippen molar-refractivity contribution >= 4 is 21.6 Å². The minimum atomic E-state index is 0.563. The summed E-state index contributed by atoms with van der Waals surface area (Å²) in [5.74, 6) is 1.43. The molecule has 1 aromatic heterocycles. The average molecular weight is 401 g/mol. The Morgan fingerprint density at radius 2 is 1.88 bits per heavy atom. The van der Waals surface area contributed by atoms with Gasteiger partial charge in [0.2, 0.25) is 0 Å². The van der Waals surface area contributed by atoms with Crippen LogP contribution in [-0.2, 0) is 13.6 Å². The second-order valence-electron chi connectivity index (χ2n) is 5.56. The quantitative estimate of drug-likeness (QED) is 0.619. The van der Waals surface area contributed by atoms with Gasteiger partial charge in [0, 0.05) is 18.8 Å². The first-order valence-electron chi connectivity index (χ1n) is 7.78. The van der Waals surface area contributed by atoms with Crippen LogP contribution in [0.4, 0.5) is 5.69 Å². The SMILES string of the molecule is COc1ccc(C[N]c2cccc(-c3nn(C)cc3Br)c2)cc1OC. The highest BCUT2D eigenvalue weighted by Crippen LogP contribution is 2.30. The van der Waals surface area contributed by atoms with Crippen LogP contribution in [0.3, 0.4) is 0 Å². The summed E-state index contributed by atoms with van der Waals surface area (Å²) in [5, 5.41) is 9.16. The lowest BCUT2D eigenvalue weighted by Crippen LogP contribution is -2.00. The Morgan fingerprint density at radius 1 is 1.08 bits per heavy atom. The lowest BCUT2D eigenvalue weighted by molar-refractivity contribution is 0.354. The smallest absolute Gasteiger partial charge is 0.161 e. The van der Waals surface area contributed by atoms with Crippen molar-refractivity contribution < 1.29 is 9.47 Å². The number of hydrogen-bond acceptors (Lipinski definition) is 3. The molecule has 25 heavy (non-hydrogen) atoms. The molecule has 0 fully saturated rings. The van der Waals surface area contributed by atoms with Gasteiger partial charge in [0.1, 0.15) is 5.69 Å². The summed E-state index contributed by atoms with van der Waals surface area (Å²) in [4.78, 5) is 0. The van der Waals surface area contributed by atoms with Crippen LogP contribution in [0.1, 0.15) is 5.56 Å². The van der Waals surface area contributed by atoms with Crippen molar-refractivity contribution in [3.63, 3.8) is 0 Å². The summed E-state index contributed by atoms with van der Waals surface area (Å²) >= 11 is 3.54. The van der Waals surface area contributed by atoms with Gasteiger partial charge in [0.05, 0.1) is 30.9 Å². The van der Waals surface area contributed by atoms with Crippen LogP contribution in [-0.4, -0.2) is 24.0 Å². The zero-order chi connectivity index (χ0) is 17.8. The summed E-state index contributed by atoms with van der Waals surface area (Å²) in [6.45, 7) is 0.563. The van der Waals surface area contributed by atoms with E-state index in [9.17, 15) is 0 Å². The van der Waals surface area contributed by atoms with Crippen molar-refractivity contribution in [2.45, 2.75) is 6.54 Å². The molecule has 129 valence electrons. The third-order valence-electron chi connectivity index (χ3n) is 3.80. The van der Waals surface area contributed by atoms with Gasteiger partial charge in [-0.1, -0.05) is 18.2 Å². The maximum Gasteiger partial charge on any atom is 0.161 e. The number of rotatable bonds is 6. The van der Waals surface area contributed by atoms with Crippen LogP contribution >= 0.6 is 15.9 Å². The zero-order valence-corrected chi connectivity index (χ0v) is 15.9. The van der Waals surface area contributed by atoms with E-state index in [-0.39, 0.29) is 0 Å². The summed E-state index contributed by atoms with van der Waals surface area (Å²) in [5.41, 5.74) is 3.90. The Kier molecular flexibility index (Phi) is 5.28. The third kappa shape index (κ3) is 3.96. The molecule has 1 heterocycles.